The summed E-state index contributed by atoms with van der Waals surface area (Å²) < 4.78 is 29.4. The fourth-order valence-electron chi connectivity index (χ4n) is 1.58. The SMILES string of the molecule is CNCCCS(=O)(=O)c1cc(C)ccc1OC. The third kappa shape index (κ3) is 3.71. The van der Waals surface area contributed by atoms with Crippen molar-refractivity contribution in [2.45, 2.75) is 18.2 Å². The summed E-state index contributed by atoms with van der Waals surface area (Å²) in [5, 5.41) is 2.94. The van der Waals surface area contributed by atoms with Gasteiger partial charge in [0.05, 0.1) is 12.9 Å². The lowest BCUT2D eigenvalue weighted by atomic mass is 10.2. The lowest BCUT2D eigenvalue weighted by Crippen LogP contribution is -2.15. The molecule has 0 unspecified atom stereocenters. The highest BCUT2D eigenvalue weighted by Gasteiger charge is 2.19. The summed E-state index contributed by atoms with van der Waals surface area (Å²) in [6.45, 7) is 2.55. The van der Waals surface area contributed by atoms with Gasteiger partial charge in [-0.15, -0.1) is 0 Å². The molecule has 0 fully saturated rings. The zero-order chi connectivity index (χ0) is 12.9. The minimum absolute atomic E-state index is 0.133. The van der Waals surface area contributed by atoms with E-state index in [0.717, 1.165) is 5.56 Å². The van der Waals surface area contributed by atoms with E-state index < -0.39 is 9.84 Å². The summed E-state index contributed by atoms with van der Waals surface area (Å²) in [6, 6.07) is 5.19. The lowest BCUT2D eigenvalue weighted by Gasteiger charge is -2.10. The number of sulfone groups is 1. The van der Waals surface area contributed by atoms with Crippen LogP contribution in [0.5, 0.6) is 5.75 Å². The van der Waals surface area contributed by atoms with Crippen LogP contribution in [0.15, 0.2) is 23.1 Å². The monoisotopic (exact) mass is 257 g/mol. The Balaban J connectivity index is 3.00. The minimum atomic E-state index is -3.26. The quantitative estimate of drug-likeness (QED) is 0.782. The van der Waals surface area contributed by atoms with Crippen LogP contribution in [0.25, 0.3) is 0 Å². The molecule has 0 aromatic heterocycles. The molecule has 0 saturated heterocycles. The van der Waals surface area contributed by atoms with Gasteiger partial charge in [-0.25, -0.2) is 8.42 Å². The van der Waals surface area contributed by atoms with Crippen LogP contribution in [-0.2, 0) is 9.84 Å². The lowest BCUT2D eigenvalue weighted by molar-refractivity contribution is 0.402. The molecule has 5 heteroatoms. The molecule has 0 spiro atoms. The molecule has 0 aliphatic carbocycles. The number of hydrogen-bond acceptors (Lipinski definition) is 4. The zero-order valence-corrected chi connectivity index (χ0v) is 11.3. The van der Waals surface area contributed by atoms with Crippen molar-refractivity contribution in [3.63, 3.8) is 0 Å². The van der Waals surface area contributed by atoms with Crippen molar-refractivity contribution >= 4 is 9.84 Å². The van der Waals surface area contributed by atoms with Gasteiger partial charge in [-0.1, -0.05) is 6.07 Å². The summed E-state index contributed by atoms with van der Waals surface area (Å²) in [4.78, 5) is 0.288. The van der Waals surface area contributed by atoms with Crippen molar-refractivity contribution in [1.29, 1.82) is 0 Å². The second-order valence-electron chi connectivity index (χ2n) is 3.93. The number of aryl methyl sites for hydroxylation is 1. The van der Waals surface area contributed by atoms with E-state index in [0.29, 0.717) is 18.7 Å². The second-order valence-corrected chi connectivity index (χ2v) is 6.01. The second kappa shape index (κ2) is 6.02. The van der Waals surface area contributed by atoms with E-state index in [9.17, 15) is 8.42 Å². The molecule has 0 amide bonds. The number of ether oxygens (including phenoxy) is 1. The molecule has 0 aliphatic heterocycles. The van der Waals surface area contributed by atoms with Crippen molar-refractivity contribution in [2.24, 2.45) is 0 Å². The van der Waals surface area contributed by atoms with Crippen LogP contribution < -0.4 is 10.1 Å². The Hall–Kier alpha value is -1.07. The summed E-state index contributed by atoms with van der Waals surface area (Å²) in [6.07, 6.45) is 0.593. The Bertz CT molecular complexity index is 469. The topological polar surface area (TPSA) is 55.4 Å². The molecule has 4 nitrogen and oxygen atoms in total. The van der Waals surface area contributed by atoms with E-state index in [1.54, 1.807) is 19.2 Å². The van der Waals surface area contributed by atoms with Crippen LogP contribution in [0, 0.1) is 6.92 Å². The first-order valence-electron chi connectivity index (χ1n) is 5.53. The van der Waals surface area contributed by atoms with Gasteiger partial charge >= 0.3 is 0 Å². The minimum Gasteiger partial charge on any atom is -0.495 e. The van der Waals surface area contributed by atoms with Gasteiger partial charge < -0.3 is 10.1 Å². The molecule has 0 saturated carbocycles. The van der Waals surface area contributed by atoms with Gasteiger partial charge in [0.25, 0.3) is 0 Å². The van der Waals surface area contributed by atoms with Crippen molar-refractivity contribution in [3.05, 3.63) is 23.8 Å². The van der Waals surface area contributed by atoms with Crippen LogP contribution in [0.2, 0.25) is 0 Å². The van der Waals surface area contributed by atoms with E-state index in [1.165, 1.54) is 7.11 Å². The van der Waals surface area contributed by atoms with Crippen LogP contribution in [0.1, 0.15) is 12.0 Å². The van der Waals surface area contributed by atoms with Crippen molar-refractivity contribution < 1.29 is 13.2 Å². The predicted molar refractivity (Wildman–Crippen MR) is 68.3 cm³/mol. The van der Waals surface area contributed by atoms with Gasteiger partial charge in [0.1, 0.15) is 10.6 Å². The third-order valence-corrected chi connectivity index (χ3v) is 4.31. The highest BCUT2D eigenvalue weighted by molar-refractivity contribution is 7.91. The van der Waals surface area contributed by atoms with Crippen molar-refractivity contribution in [2.75, 3.05) is 26.5 Å². The summed E-state index contributed by atoms with van der Waals surface area (Å²) in [5.41, 5.74) is 0.915. The predicted octanol–water partition coefficient (Wildman–Crippen LogP) is 1.39. The largest absolute Gasteiger partial charge is 0.495 e. The van der Waals surface area contributed by atoms with Gasteiger partial charge in [0, 0.05) is 0 Å². The van der Waals surface area contributed by atoms with E-state index in [1.807, 2.05) is 13.0 Å². The number of nitrogens with one attached hydrogen (secondary N) is 1. The maximum atomic E-state index is 12.1. The maximum absolute atomic E-state index is 12.1. The van der Waals surface area contributed by atoms with Crippen LogP contribution >= 0.6 is 0 Å². The Labute approximate surface area is 103 Å². The maximum Gasteiger partial charge on any atom is 0.182 e. The van der Waals surface area contributed by atoms with Gasteiger partial charge in [0.15, 0.2) is 9.84 Å². The van der Waals surface area contributed by atoms with Crippen molar-refractivity contribution in [3.8, 4) is 5.75 Å². The van der Waals surface area contributed by atoms with E-state index in [-0.39, 0.29) is 10.6 Å². The fourth-order valence-corrected chi connectivity index (χ4v) is 3.14. The molecule has 96 valence electrons. The number of benzene rings is 1. The molecular weight excluding hydrogens is 238 g/mol. The standard InChI is InChI=1S/C12H19NO3S/c1-10-5-6-11(16-3)12(9-10)17(14,15)8-4-7-13-2/h5-6,9,13H,4,7-8H2,1-3H3. The Morgan fingerprint density at radius 3 is 2.65 bits per heavy atom. The van der Waals surface area contributed by atoms with Gasteiger partial charge in [-0.3, -0.25) is 0 Å². The number of rotatable bonds is 6. The van der Waals surface area contributed by atoms with Gasteiger partial charge in [0.2, 0.25) is 0 Å². The summed E-state index contributed by atoms with van der Waals surface area (Å²) in [7, 11) is 0.0261. The van der Waals surface area contributed by atoms with Crippen LogP contribution in [-0.4, -0.2) is 34.9 Å². The first-order valence-corrected chi connectivity index (χ1v) is 7.18. The zero-order valence-electron chi connectivity index (χ0n) is 10.5. The molecule has 1 rings (SSSR count). The highest BCUT2D eigenvalue weighted by atomic mass is 32.2. The van der Waals surface area contributed by atoms with Crippen LogP contribution in [0.3, 0.4) is 0 Å². The molecule has 0 heterocycles. The molecule has 1 aromatic carbocycles. The Kier molecular flexibility index (Phi) is 4.96. The molecule has 0 radical (unpaired) electrons. The van der Waals surface area contributed by atoms with Crippen molar-refractivity contribution in [1.82, 2.24) is 5.32 Å². The van der Waals surface area contributed by atoms with E-state index in [4.69, 9.17) is 4.74 Å². The fraction of sp³-hybridized carbons (Fsp3) is 0.500. The highest BCUT2D eigenvalue weighted by Crippen LogP contribution is 2.25. The van der Waals surface area contributed by atoms with Crippen LogP contribution in [0.4, 0.5) is 0 Å². The number of hydrogen-bond donors (Lipinski definition) is 1. The smallest absolute Gasteiger partial charge is 0.182 e. The molecule has 1 aromatic rings. The molecule has 0 bridgehead atoms. The summed E-state index contributed by atoms with van der Waals surface area (Å²) >= 11 is 0. The summed E-state index contributed by atoms with van der Waals surface area (Å²) in [5.74, 6) is 0.549. The Morgan fingerprint density at radius 2 is 2.06 bits per heavy atom. The molecule has 0 aliphatic rings. The average Bonchev–Trinajstić information content (AvgIpc) is 2.29. The normalized spacial score (nSPS) is 11.5. The average molecular weight is 257 g/mol. The van der Waals surface area contributed by atoms with E-state index in [2.05, 4.69) is 5.32 Å². The molecular formula is C12H19NO3S. The molecule has 17 heavy (non-hydrogen) atoms. The molecule has 1 N–H and O–H groups in total. The molecule has 0 atom stereocenters. The third-order valence-electron chi connectivity index (χ3n) is 2.49. The first-order chi connectivity index (χ1) is 8.01. The van der Waals surface area contributed by atoms with E-state index >= 15 is 0 Å². The van der Waals surface area contributed by atoms with Gasteiger partial charge in [-0.2, -0.15) is 0 Å². The van der Waals surface area contributed by atoms with Gasteiger partial charge in [-0.05, 0) is 44.6 Å². The Morgan fingerprint density at radius 1 is 1.35 bits per heavy atom. The number of methoxy groups -OCH3 is 1. The first kappa shape index (κ1) is 14.0.